The van der Waals surface area contributed by atoms with Crippen molar-refractivity contribution >= 4 is 0 Å². The highest BCUT2D eigenvalue weighted by molar-refractivity contribution is 5.67. The molecule has 0 fully saturated rings. The Morgan fingerprint density at radius 3 is 2.82 bits per heavy atom. The summed E-state index contributed by atoms with van der Waals surface area (Å²) in [6.45, 7) is 2.08. The van der Waals surface area contributed by atoms with Gasteiger partial charge >= 0.3 is 0 Å². The second-order valence-corrected chi connectivity index (χ2v) is 3.92. The van der Waals surface area contributed by atoms with Crippen LogP contribution < -0.4 is 10.1 Å². The third kappa shape index (κ3) is 2.31. The fourth-order valence-corrected chi connectivity index (χ4v) is 1.71. The van der Waals surface area contributed by atoms with Crippen LogP contribution in [0.5, 0.6) is 5.75 Å². The van der Waals surface area contributed by atoms with Crippen molar-refractivity contribution in [2.24, 2.45) is 0 Å². The first-order chi connectivity index (χ1) is 8.26. The summed E-state index contributed by atoms with van der Waals surface area (Å²) in [7, 11) is 3.59. The molecule has 0 aliphatic heterocycles. The van der Waals surface area contributed by atoms with E-state index in [0.29, 0.717) is 0 Å². The Morgan fingerprint density at radius 1 is 1.35 bits per heavy atom. The molecule has 4 nitrogen and oxygen atoms in total. The van der Waals surface area contributed by atoms with E-state index < -0.39 is 0 Å². The number of rotatable bonds is 4. The molecule has 4 heteroatoms. The molecule has 90 valence electrons. The van der Waals surface area contributed by atoms with Gasteiger partial charge < -0.3 is 10.1 Å². The molecule has 0 saturated carbocycles. The van der Waals surface area contributed by atoms with Crippen LogP contribution in [-0.2, 0) is 0 Å². The van der Waals surface area contributed by atoms with Gasteiger partial charge in [0.2, 0.25) is 0 Å². The highest BCUT2D eigenvalue weighted by Gasteiger charge is 2.11. The number of hydrogen-bond donors (Lipinski definition) is 2. The highest BCUT2D eigenvalue weighted by Crippen LogP contribution is 2.29. The lowest BCUT2D eigenvalue weighted by Crippen LogP contribution is -2.12. The molecule has 2 rings (SSSR count). The minimum atomic E-state index is 0.256. The van der Waals surface area contributed by atoms with Crippen molar-refractivity contribution in [2.45, 2.75) is 13.0 Å². The Bertz CT molecular complexity index is 493. The molecule has 1 unspecified atom stereocenters. The van der Waals surface area contributed by atoms with Crippen molar-refractivity contribution in [1.29, 1.82) is 0 Å². The summed E-state index contributed by atoms with van der Waals surface area (Å²) in [5.74, 6) is 0.836. The first-order valence-electron chi connectivity index (χ1n) is 5.62. The fourth-order valence-electron chi connectivity index (χ4n) is 1.71. The first kappa shape index (κ1) is 11.7. The quantitative estimate of drug-likeness (QED) is 0.849. The topological polar surface area (TPSA) is 49.9 Å². The Labute approximate surface area is 101 Å². The van der Waals surface area contributed by atoms with Crippen molar-refractivity contribution in [3.05, 3.63) is 36.0 Å². The van der Waals surface area contributed by atoms with Crippen LogP contribution >= 0.6 is 0 Å². The number of hydrogen-bond acceptors (Lipinski definition) is 3. The van der Waals surface area contributed by atoms with E-state index in [9.17, 15) is 0 Å². The molecule has 0 amide bonds. The van der Waals surface area contributed by atoms with Gasteiger partial charge in [0.15, 0.2) is 0 Å². The molecule has 0 saturated heterocycles. The molecule has 1 aromatic heterocycles. The lowest BCUT2D eigenvalue weighted by Gasteiger charge is -2.06. The van der Waals surface area contributed by atoms with Gasteiger partial charge in [0, 0.05) is 11.6 Å². The maximum atomic E-state index is 5.33. The third-order valence-corrected chi connectivity index (χ3v) is 2.88. The normalized spacial score (nSPS) is 12.4. The molecule has 0 aliphatic carbocycles. The average Bonchev–Trinajstić information content (AvgIpc) is 2.87. The van der Waals surface area contributed by atoms with Crippen LogP contribution in [0, 0.1) is 0 Å². The molecule has 2 aromatic rings. The molecule has 0 spiro atoms. The van der Waals surface area contributed by atoms with Crippen molar-refractivity contribution in [3.63, 3.8) is 0 Å². The zero-order valence-electron chi connectivity index (χ0n) is 10.3. The number of H-pyrrole nitrogens is 1. The van der Waals surface area contributed by atoms with Gasteiger partial charge in [-0.05, 0) is 32.2 Å². The number of aromatic amines is 1. The van der Waals surface area contributed by atoms with Crippen LogP contribution in [0.4, 0.5) is 0 Å². The summed E-state index contributed by atoms with van der Waals surface area (Å²) in [5.41, 5.74) is 2.97. The second kappa shape index (κ2) is 5.01. The van der Waals surface area contributed by atoms with Gasteiger partial charge in [-0.1, -0.05) is 12.1 Å². The first-order valence-corrected chi connectivity index (χ1v) is 5.62. The number of nitrogens with zero attached hydrogens (tertiary/aromatic N) is 1. The Kier molecular flexibility index (Phi) is 3.44. The van der Waals surface area contributed by atoms with Crippen LogP contribution in [0.25, 0.3) is 11.3 Å². The van der Waals surface area contributed by atoms with Crippen LogP contribution in [0.15, 0.2) is 30.3 Å². The lowest BCUT2D eigenvalue weighted by atomic mass is 10.1. The number of benzene rings is 1. The van der Waals surface area contributed by atoms with Gasteiger partial charge in [0.25, 0.3) is 0 Å². The van der Waals surface area contributed by atoms with Crippen molar-refractivity contribution in [1.82, 2.24) is 15.5 Å². The van der Waals surface area contributed by atoms with Crippen LogP contribution in [0.3, 0.4) is 0 Å². The maximum Gasteiger partial charge on any atom is 0.128 e. The molecular weight excluding hydrogens is 214 g/mol. The van der Waals surface area contributed by atoms with Crippen LogP contribution in [-0.4, -0.2) is 24.4 Å². The van der Waals surface area contributed by atoms with E-state index in [1.807, 2.05) is 37.4 Å². The molecule has 0 aliphatic rings. The summed E-state index contributed by atoms with van der Waals surface area (Å²) < 4.78 is 5.33. The van der Waals surface area contributed by atoms with E-state index in [0.717, 1.165) is 22.7 Å². The number of para-hydroxylation sites is 1. The Morgan fingerprint density at radius 2 is 2.12 bits per heavy atom. The van der Waals surface area contributed by atoms with Crippen molar-refractivity contribution in [2.75, 3.05) is 14.2 Å². The lowest BCUT2D eigenvalue weighted by molar-refractivity contribution is 0.416. The smallest absolute Gasteiger partial charge is 0.128 e. The molecule has 1 heterocycles. The summed E-state index contributed by atoms with van der Waals surface area (Å²) in [6.07, 6.45) is 0. The van der Waals surface area contributed by atoms with Crippen LogP contribution in [0.1, 0.15) is 18.7 Å². The van der Waals surface area contributed by atoms with Gasteiger partial charge in [-0.25, -0.2) is 0 Å². The van der Waals surface area contributed by atoms with E-state index in [-0.39, 0.29) is 6.04 Å². The van der Waals surface area contributed by atoms with E-state index >= 15 is 0 Å². The summed E-state index contributed by atoms with van der Waals surface area (Å²) in [4.78, 5) is 0. The summed E-state index contributed by atoms with van der Waals surface area (Å²) in [5, 5.41) is 10.5. The number of methoxy groups -OCH3 is 1. The van der Waals surface area contributed by atoms with Gasteiger partial charge in [0.1, 0.15) is 5.75 Å². The highest BCUT2D eigenvalue weighted by atomic mass is 16.5. The zero-order chi connectivity index (χ0) is 12.3. The molecule has 17 heavy (non-hydrogen) atoms. The molecular formula is C13H17N3O. The van der Waals surface area contributed by atoms with Gasteiger partial charge in [-0.2, -0.15) is 5.10 Å². The Hall–Kier alpha value is -1.81. The van der Waals surface area contributed by atoms with E-state index in [4.69, 9.17) is 4.74 Å². The number of aromatic nitrogens is 2. The predicted octanol–water partition coefficient (Wildman–Crippen LogP) is 2.37. The minimum Gasteiger partial charge on any atom is -0.496 e. The molecule has 1 aromatic carbocycles. The largest absolute Gasteiger partial charge is 0.496 e. The SMILES string of the molecule is CNC(C)c1cc(-c2ccccc2OC)n[nH]1. The molecule has 2 N–H and O–H groups in total. The minimum absolute atomic E-state index is 0.256. The van der Waals surface area contributed by atoms with Gasteiger partial charge in [-0.3, -0.25) is 5.10 Å². The van der Waals surface area contributed by atoms with E-state index in [1.54, 1.807) is 7.11 Å². The second-order valence-electron chi connectivity index (χ2n) is 3.92. The predicted molar refractivity (Wildman–Crippen MR) is 68.1 cm³/mol. The molecule has 0 radical (unpaired) electrons. The van der Waals surface area contributed by atoms with Crippen molar-refractivity contribution < 1.29 is 4.74 Å². The number of nitrogens with one attached hydrogen (secondary N) is 2. The van der Waals surface area contributed by atoms with Crippen LogP contribution in [0.2, 0.25) is 0 Å². The van der Waals surface area contributed by atoms with E-state index in [1.165, 1.54) is 0 Å². The van der Waals surface area contributed by atoms with E-state index in [2.05, 4.69) is 22.4 Å². The molecule has 0 bridgehead atoms. The standard InChI is InChI=1S/C13H17N3O/c1-9(14-2)11-8-12(16-15-11)10-6-4-5-7-13(10)17-3/h4-9,14H,1-3H3,(H,15,16). The number of ether oxygens (including phenoxy) is 1. The third-order valence-electron chi connectivity index (χ3n) is 2.88. The fraction of sp³-hybridized carbons (Fsp3) is 0.308. The average molecular weight is 231 g/mol. The van der Waals surface area contributed by atoms with Gasteiger partial charge in [0.05, 0.1) is 18.5 Å². The maximum absolute atomic E-state index is 5.33. The van der Waals surface area contributed by atoms with Gasteiger partial charge in [-0.15, -0.1) is 0 Å². The monoisotopic (exact) mass is 231 g/mol. The Balaban J connectivity index is 2.37. The summed E-state index contributed by atoms with van der Waals surface area (Å²) in [6, 6.07) is 10.2. The van der Waals surface area contributed by atoms with Crippen molar-refractivity contribution in [3.8, 4) is 17.0 Å². The summed E-state index contributed by atoms with van der Waals surface area (Å²) >= 11 is 0. The zero-order valence-corrected chi connectivity index (χ0v) is 10.3. The molecule has 1 atom stereocenters.